The molecule has 6 heteroatoms. The maximum absolute atomic E-state index is 12.3. The molecule has 1 heterocycles. The summed E-state index contributed by atoms with van der Waals surface area (Å²) in [5.41, 5.74) is 0.108. The molecule has 0 fully saturated rings. The van der Waals surface area contributed by atoms with Gasteiger partial charge in [-0.1, -0.05) is 13.8 Å². The predicted octanol–water partition coefficient (Wildman–Crippen LogP) is 1.65. The lowest BCUT2D eigenvalue weighted by molar-refractivity contribution is 0.0428. The summed E-state index contributed by atoms with van der Waals surface area (Å²) in [5.74, 6) is 0.668. The highest BCUT2D eigenvalue weighted by Crippen LogP contribution is 2.21. The van der Waals surface area contributed by atoms with E-state index in [-0.39, 0.29) is 12.5 Å². The van der Waals surface area contributed by atoms with Crippen molar-refractivity contribution in [2.45, 2.75) is 46.1 Å². The number of amides is 1. The summed E-state index contributed by atoms with van der Waals surface area (Å²) in [4.78, 5) is 12.3. The van der Waals surface area contributed by atoms with E-state index in [9.17, 15) is 9.90 Å². The van der Waals surface area contributed by atoms with Crippen LogP contribution in [0.4, 0.5) is 0 Å². The molecule has 0 saturated heterocycles. The summed E-state index contributed by atoms with van der Waals surface area (Å²) in [6, 6.07) is 0. The number of carbonyl (C=O) groups excluding carboxylic acids is 1. The molecule has 6 nitrogen and oxygen atoms in total. The van der Waals surface area contributed by atoms with E-state index in [0.29, 0.717) is 29.5 Å². The topological polar surface area (TPSA) is 76.4 Å². The maximum Gasteiger partial charge on any atom is 0.258 e. The van der Waals surface area contributed by atoms with Crippen LogP contribution in [0, 0.1) is 12.8 Å². The molecule has 0 saturated carbocycles. The van der Waals surface area contributed by atoms with Crippen LogP contribution < -0.4 is 10.1 Å². The Balaban J connectivity index is 2.70. The molecule has 0 radical (unpaired) electrons. The fraction of sp³-hybridized carbons (Fsp3) is 0.733. The van der Waals surface area contributed by atoms with Crippen molar-refractivity contribution in [1.82, 2.24) is 15.1 Å². The van der Waals surface area contributed by atoms with E-state index in [1.54, 1.807) is 20.9 Å². The van der Waals surface area contributed by atoms with Gasteiger partial charge in [0, 0.05) is 13.6 Å². The summed E-state index contributed by atoms with van der Waals surface area (Å²) in [6.45, 7) is 7.92. The molecule has 1 amide bonds. The van der Waals surface area contributed by atoms with Crippen LogP contribution >= 0.6 is 0 Å². The van der Waals surface area contributed by atoms with E-state index >= 15 is 0 Å². The lowest BCUT2D eigenvalue weighted by atomic mass is 9.95. The zero-order chi connectivity index (χ0) is 16.2. The molecule has 1 atom stereocenters. The second-order valence-electron chi connectivity index (χ2n) is 6.21. The predicted molar refractivity (Wildman–Crippen MR) is 81.5 cm³/mol. The van der Waals surface area contributed by atoms with Crippen LogP contribution in [-0.4, -0.2) is 40.0 Å². The van der Waals surface area contributed by atoms with E-state index in [0.717, 1.165) is 6.42 Å². The summed E-state index contributed by atoms with van der Waals surface area (Å²) in [6.07, 6.45) is 1.56. The standard InChI is InChI=1S/C15H27N3O3/c1-10(2)7-8-15(4,20)9-16-13(19)12-11(3)17-18(5)14(12)21-6/h10,20H,7-9H2,1-6H3,(H,16,19). The van der Waals surface area contributed by atoms with Gasteiger partial charge in [-0.05, 0) is 32.6 Å². The first-order valence-electron chi connectivity index (χ1n) is 7.26. The Morgan fingerprint density at radius 3 is 2.67 bits per heavy atom. The minimum Gasteiger partial charge on any atom is -0.481 e. The number of ether oxygens (including phenoxy) is 1. The molecule has 0 aliphatic rings. The van der Waals surface area contributed by atoms with Gasteiger partial charge in [-0.3, -0.25) is 4.79 Å². The average Bonchev–Trinajstić information content (AvgIpc) is 2.68. The number of aromatic nitrogens is 2. The molecule has 0 bridgehead atoms. The number of nitrogens with zero attached hydrogens (tertiary/aromatic N) is 2. The largest absolute Gasteiger partial charge is 0.481 e. The van der Waals surface area contributed by atoms with Crippen molar-refractivity contribution in [3.8, 4) is 5.88 Å². The minimum atomic E-state index is -0.913. The van der Waals surface area contributed by atoms with Crippen LogP contribution in [0.3, 0.4) is 0 Å². The van der Waals surface area contributed by atoms with Gasteiger partial charge in [-0.15, -0.1) is 0 Å². The van der Waals surface area contributed by atoms with Gasteiger partial charge in [0.15, 0.2) is 0 Å². The third kappa shape index (κ3) is 4.74. The highest BCUT2D eigenvalue weighted by molar-refractivity contribution is 5.97. The molecule has 0 aliphatic heterocycles. The van der Waals surface area contributed by atoms with Crippen molar-refractivity contribution in [1.29, 1.82) is 0 Å². The monoisotopic (exact) mass is 297 g/mol. The Morgan fingerprint density at radius 1 is 1.52 bits per heavy atom. The Morgan fingerprint density at radius 2 is 2.14 bits per heavy atom. The Bertz CT molecular complexity index is 493. The molecule has 21 heavy (non-hydrogen) atoms. The summed E-state index contributed by atoms with van der Waals surface area (Å²) >= 11 is 0. The first-order valence-corrected chi connectivity index (χ1v) is 7.26. The number of aryl methyl sites for hydroxylation is 2. The van der Waals surface area contributed by atoms with Crippen LogP contribution in [-0.2, 0) is 7.05 Å². The van der Waals surface area contributed by atoms with E-state index in [1.165, 1.54) is 11.8 Å². The first-order chi connectivity index (χ1) is 9.68. The highest BCUT2D eigenvalue weighted by atomic mass is 16.5. The quantitative estimate of drug-likeness (QED) is 0.802. The molecular weight excluding hydrogens is 270 g/mol. The van der Waals surface area contributed by atoms with Gasteiger partial charge in [0.25, 0.3) is 5.91 Å². The molecule has 1 unspecified atom stereocenters. The second kappa shape index (κ2) is 6.93. The number of methoxy groups -OCH3 is 1. The van der Waals surface area contributed by atoms with Crippen molar-refractivity contribution < 1.29 is 14.6 Å². The smallest absolute Gasteiger partial charge is 0.258 e. The number of nitrogens with one attached hydrogen (secondary N) is 1. The van der Waals surface area contributed by atoms with E-state index < -0.39 is 5.60 Å². The Labute approximate surface area is 126 Å². The fourth-order valence-electron chi connectivity index (χ4n) is 2.18. The van der Waals surface area contributed by atoms with Crippen molar-refractivity contribution in [2.24, 2.45) is 13.0 Å². The van der Waals surface area contributed by atoms with Crippen molar-refractivity contribution in [3.63, 3.8) is 0 Å². The molecule has 1 aromatic heterocycles. The molecule has 0 aliphatic carbocycles. The van der Waals surface area contributed by atoms with Crippen molar-refractivity contribution >= 4 is 5.91 Å². The third-order valence-electron chi connectivity index (χ3n) is 3.48. The highest BCUT2D eigenvalue weighted by Gasteiger charge is 2.25. The Kier molecular flexibility index (Phi) is 5.78. The minimum absolute atomic E-state index is 0.204. The van der Waals surface area contributed by atoms with Gasteiger partial charge >= 0.3 is 0 Å². The summed E-state index contributed by atoms with van der Waals surface area (Å²) < 4.78 is 6.74. The first kappa shape index (κ1) is 17.5. The molecule has 0 aromatic carbocycles. The number of aliphatic hydroxyl groups is 1. The van der Waals surface area contributed by atoms with Gasteiger partial charge in [-0.25, -0.2) is 4.68 Å². The average molecular weight is 297 g/mol. The molecule has 0 spiro atoms. The molecule has 120 valence electrons. The van der Waals surface area contributed by atoms with Crippen molar-refractivity contribution in [3.05, 3.63) is 11.3 Å². The molecule has 1 rings (SSSR count). The number of rotatable bonds is 7. The second-order valence-corrected chi connectivity index (χ2v) is 6.21. The zero-order valence-corrected chi connectivity index (χ0v) is 13.9. The molecule has 1 aromatic rings. The number of hydrogen-bond donors (Lipinski definition) is 2. The maximum atomic E-state index is 12.3. The van der Waals surface area contributed by atoms with Gasteiger partial charge < -0.3 is 15.2 Å². The van der Waals surface area contributed by atoms with Gasteiger partial charge in [0.05, 0.1) is 18.4 Å². The van der Waals surface area contributed by atoms with Crippen molar-refractivity contribution in [2.75, 3.05) is 13.7 Å². The van der Waals surface area contributed by atoms with E-state index in [1.807, 2.05) is 0 Å². The number of carbonyl (C=O) groups is 1. The SMILES string of the molecule is COc1c(C(=O)NCC(C)(O)CCC(C)C)c(C)nn1C. The van der Waals surface area contributed by atoms with Gasteiger partial charge in [0.2, 0.25) is 5.88 Å². The van der Waals surface area contributed by atoms with Crippen LogP contribution in [0.2, 0.25) is 0 Å². The zero-order valence-electron chi connectivity index (χ0n) is 13.9. The van der Waals surface area contributed by atoms with Gasteiger partial charge in [-0.2, -0.15) is 5.10 Å². The lowest BCUT2D eigenvalue weighted by Gasteiger charge is -2.24. The van der Waals surface area contributed by atoms with Crippen LogP contribution in [0.15, 0.2) is 0 Å². The normalized spacial score (nSPS) is 14.1. The molecule has 2 N–H and O–H groups in total. The summed E-state index contributed by atoms with van der Waals surface area (Å²) in [5, 5.41) is 17.2. The fourth-order valence-corrected chi connectivity index (χ4v) is 2.18. The van der Waals surface area contributed by atoms with Gasteiger partial charge in [0.1, 0.15) is 5.56 Å². The summed E-state index contributed by atoms with van der Waals surface area (Å²) in [7, 11) is 3.23. The Hall–Kier alpha value is -1.56. The van der Waals surface area contributed by atoms with E-state index in [4.69, 9.17) is 4.74 Å². The van der Waals surface area contributed by atoms with Crippen LogP contribution in [0.5, 0.6) is 5.88 Å². The third-order valence-corrected chi connectivity index (χ3v) is 3.48. The van der Waals surface area contributed by atoms with E-state index in [2.05, 4.69) is 24.3 Å². The van der Waals surface area contributed by atoms with Crippen LogP contribution in [0.1, 0.15) is 49.7 Å². The lowest BCUT2D eigenvalue weighted by Crippen LogP contribution is -2.41. The van der Waals surface area contributed by atoms with Crippen LogP contribution in [0.25, 0.3) is 0 Å². The molecular formula is C15H27N3O3. The number of hydrogen-bond acceptors (Lipinski definition) is 4.